The Labute approximate surface area is 203 Å². The van der Waals surface area contributed by atoms with Gasteiger partial charge in [0.1, 0.15) is 5.54 Å². The summed E-state index contributed by atoms with van der Waals surface area (Å²) < 4.78 is 0. The standard InChI is InChI=1S/C25H29ClN4O4/c26-18-6-4-17(5-7-18)22(31)28-19-8-9-21(20(16-19)23(32)33)29-14-10-25(11-15-29,24(27)34)30-12-2-1-3-13-30/h4-9,16H,1-3,10-15H2,(H2,27,34)(H,28,31)(H,32,33). The molecule has 34 heavy (non-hydrogen) atoms. The molecule has 0 aromatic heterocycles. The molecule has 2 saturated heterocycles. The van der Waals surface area contributed by atoms with Crippen LogP contribution in [0.2, 0.25) is 5.02 Å². The van der Waals surface area contributed by atoms with Gasteiger partial charge in [-0.05, 0) is 81.2 Å². The highest BCUT2D eigenvalue weighted by molar-refractivity contribution is 6.30. The lowest BCUT2D eigenvalue weighted by atomic mass is 9.83. The van der Waals surface area contributed by atoms with Gasteiger partial charge in [0.2, 0.25) is 5.91 Å². The van der Waals surface area contributed by atoms with Crippen molar-refractivity contribution in [2.45, 2.75) is 37.6 Å². The molecule has 2 amide bonds. The van der Waals surface area contributed by atoms with Gasteiger partial charge in [-0.25, -0.2) is 4.79 Å². The van der Waals surface area contributed by atoms with Gasteiger partial charge in [-0.2, -0.15) is 0 Å². The van der Waals surface area contributed by atoms with Crippen LogP contribution in [0.3, 0.4) is 0 Å². The van der Waals surface area contributed by atoms with Crippen LogP contribution in [-0.4, -0.2) is 59.5 Å². The number of halogens is 1. The fourth-order valence-electron chi connectivity index (χ4n) is 5.02. The zero-order valence-electron chi connectivity index (χ0n) is 18.9. The molecule has 2 aliphatic rings. The Morgan fingerprint density at radius 1 is 0.941 bits per heavy atom. The summed E-state index contributed by atoms with van der Waals surface area (Å²) in [4.78, 5) is 41.3. The van der Waals surface area contributed by atoms with Gasteiger partial charge in [-0.15, -0.1) is 0 Å². The number of benzene rings is 2. The lowest BCUT2D eigenvalue weighted by molar-refractivity contribution is -0.132. The van der Waals surface area contributed by atoms with Crippen LogP contribution in [0, 0.1) is 0 Å². The van der Waals surface area contributed by atoms with Gasteiger partial charge >= 0.3 is 5.97 Å². The van der Waals surface area contributed by atoms with Crippen LogP contribution in [-0.2, 0) is 4.79 Å². The van der Waals surface area contributed by atoms with Gasteiger partial charge in [0.25, 0.3) is 5.91 Å². The van der Waals surface area contributed by atoms with Gasteiger partial charge in [0.05, 0.1) is 11.3 Å². The maximum atomic E-state index is 12.5. The first kappa shape index (κ1) is 24.0. The molecule has 180 valence electrons. The molecule has 4 rings (SSSR count). The van der Waals surface area contributed by atoms with Crippen molar-refractivity contribution in [1.82, 2.24) is 4.90 Å². The number of piperidine rings is 2. The van der Waals surface area contributed by atoms with E-state index in [-0.39, 0.29) is 17.4 Å². The van der Waals surface area contributed by atoms with E-state index in [0.717, 1.165) is 25.9 Å². The summed E-state index contributed by atoms with van der Waals surface area (Å²) in [7, 11) is 0. The molecule has 0 bridgehead atoms. The largest absolute Gasteiger partial charge is 0.478 e. The third-order valence-corrected chi connectivity index (χ3v) is 7.19. The van der Waals surface area contributed by atoms with Crippen molar-refractivity contribution in [3.05, 3.63) is 58.6 Å². The minimum atomic E-state index is -1.08. The number of nitrogens with zero attached hydrogens (tertiary/aromatic N) is 2. The Hall–Kier alpha value is -3.10. The number of carboxylic acids is 1. The zero-order chi connectivity index (χ0) is 24.3. The number of hydrogen-bond acceptors (Lipinski definition) is 5. The predicted molar refractivity (Wildman–Crippen MR) is 132 cm³/mol. The zero-order valence-corrected chi connectivity index (χ0v) is 19.7. The van der Waals surface area contributed by atoms with Gasteiger partial charge in [0, 0.05) is 29.4 Å². The number of carbonyl (C=O) groups is 3. The molecular weight excluding hydrogens is 456 g/mol. The molecule has 0 aliphatic carbocycles. The smallest absolute Gasteiger partial charge is 0.337 e. The molecule has 0 radical (unpaired) electrons. The monoisotopic (exact) mass is 484 g/mol. The maximum absolute atomic E-state index is 12.5. The first-order chi connectivity index (χ1) is 16.3. The number of primary amides is 1. The number of amides is 2. The SMILES string of the molecule is NC(=O)C1(N2CCCCC2)CCN(c2ccc(NC(=O)c3ccc(Cl)cc3)cc2C(=O)O)CC1. The number of hydrogen-bond donors (Lipinski definition) is 3. The lowest BCUT2D eigenvalue weighted by Crippen LogP contribution is -2.63. The molecule has 4 N–H and O–H groups in total. The summed E-state index contributed by atoms with van der Waals surface area (Å²) in [6.45, 7) is 2.78. The van der Waals surface area contributed by atoms with Crippen LogP contribution in [0.4, 0.5) is 11.4 Å². The molecule has 0 atom stereocenters. The first-order valence-corrected chi connectivity index (χ1v) is 11.9. The lowest BCUT2D eigenvalue weighted by Gasteiger charge is -2.48. The van der Waals surface area contributed by atoms with Crippen molar-refractivity contribution < 1.29 is 19.5 Å². The third kappa shape index (κ3) is 4.88. The molecule has 2 aromatic carbocycles. The number of rotatable bonds is 6. The molecule has 2 aromatic rings. The van der Waals surface area contributed by atoms with Crippen molar-refractivity contribution in [2.24, 2.45) is 5.73 Å². The van der Waals surface area contributed by atoms with Gasteiger partial charge < -0.3 is 21.1 Å². The van der Waals surface area contributed by atoms with E-state index in [1.54, 1.807) is 36.4 Å². The first-order valence-electron chi connectivity index (χ1n) is 11.5. The molecular formula is C25H29ClN4O4. The number of aromatic carboxylic acids is 1. The molecule has 2 fully saturated rings. The Bertz CT molecular complexity index is 1070. The van der Waals surface area contributed by atoms with Crippen molar-refractivity contribution in [3.63, 3.8) is 0 Å². The number of likely N-dealkylation sites (tertiary alicyclic amines) is 1. The average Bonchev–Trinajstić information content (AvgIpc) is 2.85. The number of carbonyl (C=O) groups excluding carboxylic acids is 2. The fourth-order valence-corrected chi connectivity index (χ4v) is 5.15. The van der Waals surface area contributed by atoms with Gasteiger partial charge in [-0.1, -0.05) is 18.0 Å². The molecule has 9 heteroatoms. The Morgan fingerprint density at radius 3 is 2.18 bits per heavy atom. The second-order valence-corrected chi connectivity index (χ2v) is 9.37. The summed E-state index contributed by atoms with van der Waals surface area (Å²) >= 11 is 5.87. The van der Waals surface area contributed by atoms with Gasteiger partial charge in [0.15, 0.2) is 0 Å². The molecule has 0 spiro atoms. The summed E-state index contributed by atoms with van der Waals surface area (Å²) in [5.41, 5.74) is 6.67. The van der Waals surface area contributed by atoms with Crippen LogP contribution in [0.1, 0.15) is 52.8 Å². The fraction of sp³-hybridized carbons (Fsp3) is 0.400. The number of anilines is 2. The normalized spacial score (nSPS) is 18.3. The quantitative estimate of drug-likeness (QED) is 0.577. The van der Waals surface area contributed by atoms with Crippen LogP contribution in [0.5, 0.6) is 0 Å². The number of nitrogens with two attached hydrogens (primary N) is 1. The van der Waals surface area contributed by atoms with Gasteiger partial charge in [-0.3, -0.25) is 14.5 Å². The second kappa shape index (κ2) is 10.0. The second-order valence-electron chi connectivity index (χ2n) is 8.93. The number of nitrogens with one attached hydrogen (secondary N) is 1. The van der Waals surface area contributed by atoms with E-state index in [1.165, 1.54) is 12.5 Å². The van der Waals surface area contributed by atoms with E-state index in [9.17, 15) is 19.5 Å². The van der Waals surface area contributed by atoms with Crippen molar-refractivity contribution >= 4 is 40.8 Å². The highest BCUT2D eigenvalue weighted by Gasteiger charge is 2.45. The number of carboxylic acid groups (broad SMARTS) is 1. The van der Waals surface area contributed by atoms with E-state index in [4.69, 9.17) is 17.3 Å². The van der Waals surface area contributed by atoms with E-state index >= 15 is 0 Å². The Morgan fingerprint density at radius 2 is 1.59 bits per heavy atom. The Kier molecular flexibility index (Phi) is 7.09. The minimum absolute atomic E-state index is 0.0958. The van der Waals surface area contributed by atoms with Crippen LogP contribution in [0.25, 0.3) is 0 Å². The van der Waals surface area contributed by atoms with E-state index < -0.39 is 11.5 Å². The van der Waals surface area contributed by atoms with E-state index in [2.05, 4.69) is 10.2 Å². The highest BCUT2D eigenvalue weighted by atomic mass is 35.5. The molecule has 0 saturated carbocycles. The summed E-state index contributed by atoms with van der Waals surface area (Å²) in [5, 5.41) is 13.1. The summed E-state index contributed by atoms with van der Waals surface area (Å²) in [6, 6.07) is 11.3. The van der Waals surface area contributed by atoms with E-state index in [1.807, 2.05) is 4.90 Å². The highest BCUT2D eigenvalue weighted by Crippen LogP contribution is 2.35. The molecule has 2 aliphatic heterocycles. The predicted octanol–water partition coefficient (Wildman–Crippen LogP) is 3.60. The van der Waals surface area contributed by atoms with Crippen molar-refractivity contribution in [1.29, 1.82) is 0 Å². The average molecular weight is 485 g/mol. The minimum Gasteiger partial charge on any atom is -0.478 e. The summed E-state index contributed by atoms with van der Waals surface area (Å²) in [6.07, 6.45) is 4.39. The molecule has 0 unspecified atom stereocenters. The molecule has 8 nitrogen and oxygen atoms in total. The molecule has 2 heterocycles. The summed E-state index contributed by atoms with van der Waals surface area (Å²) in [5.74, 6) is -1.74. The van der Waals surface area contributed by atoms with Crippen LogP contribution >= 0.6 is 11.6 Å². The van der Waals surface area contributed by atoms with E-state index in [0.29, 0.717) is 47.9 Å². The third-order valence-electron chi connectivity index (χ3n) is 6.94. The van der Waals surface area contributed by atoms with Crippen LogP contribution in [0.15, 0.2) is 42.5 Å². The maximum Gasteiger partial charge on any atom is 0.337 e. The van der Waals surface area contributed by atoms with Crippen molar-refractivity contribution in [3.8, 4) is 0 Å². The van der Waals surface area contributed by atoms with Crippen LogP contribution < -0.4 is 16.0 Å². The topological polar surface area (TPSA) is 116 Å². The van der Waals surface area contributed by atoms with Crippen molar-refractivity contribution in [2.75, 3.05) is 36.4 Å². The Balaban J connectivity index is 1.51.